The largest absolute Gasteiger partial charge is 0.411 e. The van der Waals surface area contributed by atoms with Crippen molar-refractivity contribution in [3.8, 4) is 0 Å². The first-order chi connectivity index (χ1) is 6.46. The van der Waals surface area contributed by atoms with Crippen molar-refractivity contribution in [2.45, 2.75) is 12.5 Å². The zero-order chi connectivity index (χ0) is 10.8. The fraction of sp³-hybridized carbons (Fsp3) is 0.857. The summed E-state index contributed by atoms with van der Waals surface area (Å²) in [6.07, 6.45) is 0.555. The molecule has 1 heterocycles. The number of sulfone groups is 1. The van der Waals surface area contributed by atoms with Crippen molar-refractivity contribution in [3.63, 3.8) is 0 Å². The Balaban J connectivity index is 2.67. The molecule has 0 saturated carbocycles. The lowest BCUT2D eigenvalue weighted by Crippen LogP contribution is -2.41. The summed E-state index contributed by atoms with van der Waals surface area (Å²) in [5, 5.41) is 8.78. The van der Waals surface area contributed by atoms with Crippen LogP contribution in [0.3, 0.4) is 0 Å². The minimum atomic E-state index is -2.92. The summed E-state index contributed by atoms with van der Waals surface area (Å²) >= 11 is 9.66. The molecule has 1 N–H and O–H groups in total. The number of aliphatic hydroxyl groups is 1. The average Bonchev–Trinajstić information content (AvgIpc) is 2.41. The van der Waals surface area contributed by atoms with Crippen LogP contribution in [0.5, 0.6) is 0 Å². The molecule has 0 aliphatic carbocycles. The third-order valence-electron chi connectivity index (χ3n) is 2.22. The Labute approximate surface area is 94.6 Å². The molecule has 1 aliphatic heterocycles. The van der Waals surface area contributed by atoms with E-state index in [1.165, 1.54) is 0 Å². The Bertz CT molecular complexity index is 314. The van der Waals surface area contributed by atoms with Gasteiger partial charge in [-0.25, -0.2) is 8.42 Å². The Kier molecular flexibility index (Phi) is 4.05. The van der Waals surface area contributed by atoms with E-state index in [9.17, 15) is 8.42 Å². The lowest BCUT2D eigenvalue weighted by molar-refractivity contribution is 0.231. The second kappa shape index (κ2) is 4.69. The van der Waals surface area contributed by atoms with Gasteiger partial charge >= 0.3 is 0 Å². The molecule has 0 bridgehead atoms. The predicted octanol–water partition coefficient (Wildman–Crippen LogP) is -0.700. The molecule has 0 amide bonds. The Hall–Kier alpha value is 0.0200. The first-order valence-electron chi connectivity index (χ1n) is 4.25. The molecule has 0 aromatic heterocycles. The second-order valence-corrected chi connectivity index (χ2v) is 6.50. The number of aliphatic hydroxyl groups excluding tert-OH is 1. The van der Waals surface area contributed by atoms with Gasteiger partial charge in [0.25, 0.3) is 0 Å². The summed E-state index contributed by atoms with van der Waals surface area (Å²) in [7, 11) is -2.92. The first-order valence-corrected chi connectivity index (χ1v) is 6.89. The van der Waals surface area contributed by atoms with E-state index >= 15 is 0 Å². The maximum absolute atomic E-state index is 11.2. The highest BCUT2D eigenvalue weighted by Gasteiger charge is 2.31. The summed E-state index contributed by atoms with van der Waals surface area (Å²) in [6, 6.07) is -0.142. The zero-order valence-electron chi connectivity index (χ0n) is 7.55. The zero-order valence-corrected chi connectivity index (χ0v) is 10.00. The van der Waals surface area contributed by atoms with Crippen LogP contribution in [0.2, 0.25) is 0 Å². The van der Waals surface area contributed by atoms with Crippen molar-refractivity contribution in [3.05, 3.63) is 0 Å². The molecule has 0 radical (unpaired) electrons. The maximum atomic E-state index is 11.2. The smallest absolute Gasteiger partial charge is 0.152 e. The Morgan fingerprint density at radius 2 is 2.29 bits per heavy atom. The fourth-order valence-corrected chi connectivity index (χ4v) is 3.76. The highest BCUT2D eigenvalue weighted by Crippen LogP contribution is 2.17. The van der Waals surface area contributed by atoms with Crippen LogP contribution in [0, 0.1) is 0 Å². The van der Waals surface area contributed by atoms with Crippen molar-refractivity contribution in [1.82, 2.24) is 4.90 Å². The van der Waals surface area contributed by atoms with Crippen LogP contribution in [0.25, 0.3) is 0 Å². The molecule has 1 rings (SSSR count). The van der Waals surface area contributed by atoms with E-state index in [4.69, 9.17) is 30.0 Å². The molecule has 1 fully saturated rings. The van der Waals surface area contributed by atoms with E-state index in [0.717, 1.165) is 0 Å². The van der Waals surface area contributed by atoms with Gasteiger partial charge in [0.05, 0.1) is 18.1 Å². The van der Waals surface area contributed by atoms with Gasteiger partial charge in [0.1, 0.15) is 0 Å². The maximum Gasteiger partial charge on any atom is 0.152 e. The first kappa shape index (κ1) is 12.1. The standard InChI is InChI=1S/C7H13NO3S3/c9-3-2-8(7(12)13)6-1-4-14(10,11)5-6/h6,9H,1-5H2,(H,12,13)/p-1. The summed E-state index contributed by atoms with van der Waals surface area (Å²) in [5.74, 6) is 0.293. The van der Waals surface area contributed by atoms with Crippen LogP contribution in [-0.2, 0) is 22.5 Å². The van der Waals surface area contributed by atoms with E-state index in [1.807, 2.05) is 0 Å². The van der Waals surface area contributed by atoms with Gasteiger partial charge in [-0.2, -0.15) is 0 Å². The van der Waals surface area contributed by atoms with Crippen molar-refractivity contribution in [2.24, 2.45) is 0 Å². The molecule has 0 aromatic rings. The molecular weight excluding hydrogens is 242 g/mol. The van der Waals surface area contributed by atoms with E-state index in [1.54, 1.807) is 4.90 Å². The number of hydrogen-bond acceptors (Lipinski definition) is 5. The molecule has 7 heteroatoms. The van der Waals surface area contributed by atoms with Crippen LogP contribution in [0.15, 0.2) is 0 Å². The Morgan fingerprint density at radius 3 is 2.64 bits per heavy atom. The lowest BCUT2D eigenvalue weighted by atomic mass is 10.2. The van der Waals surface area contributed by atoms with Crippen molar-refractivity contribution in [2.75, 3.05) is 24.7 Å². The van der Waals surface area contributed by atoms with Gasteiger partial charge in [0, 0.05) is 12.6 Å². The fourth-order valence-electron chi connectivity index (χ4n) is 1.55. The van der Waals surface area contributed by atoms with Crippen LogP contribution in [0.4, 0.5) is 0 Å². The van der Waals surface area contributed by atoms with Crippen LogP contribution in [0.1, 0.15) is 6.42 Å². The second-order valence-electron chi connectivity index (χ2n) is 3.24. The molecule has 82 valence electrons. The molecule has 4 nitrogen and oxygen atoms in total. The molecule has 14 heavy (non-hydrogen) atoms. The van der Waals surface area contributed by atoms with E-state index in [-0.39, 0.29) is 28.5 Å². The predicted molar refractivity (Wildman–Crippen MR) is 60.8 cm³/mol. The summed E-state index contributed by atoms with van der Waals surface area (Å²) in [5.41, 5.74) is 0. The molecule has 1 unspecified atom stereocenters. The number of thiocarbonyl (C=S) groups is 1. The number of nitrogens with zero attached hydrogens (tertiary/aromatic N) is 1. The normalized spacial score (nSPS) is 24.8. The number of hydrogen-bond donors (Lipinski definition) is 1. The summed E-state index contributed by atoms with van der Waals surface area (Å²) in [6.45, 7) is 0.260. The molecule has 0 spiro atoms. The third kappa shape index (κ3) is 3.01. The van der Waals surface area contributed by atoms with Gasteiger partial charge in [0.2, 0.25) is 0 Å². The van der Waals surface area contributed by atoms with Gasteiger partial charge in [-0.05, 0) is 6.42 Å². The molecule has 1 aliphatic rings. The van der Waals surface area contributed by atoms with Gasteiger partial charge in [-0.1, -0.05) is 4.32 Å². The van der Waals surface area contributed by atoms with Gasteiger partial charge in [0.15, 0.2) is 9.84 Å². The minimum absolute atomic E-state index is 0.0622. The van der Waals surface area contributed by atoms with Crippen LogP contribution >= 0.6 is 12.2 Å². The van der Waals surface area contributed by atoms with Crippen molar-refractivity contribution >= 4 is 39.0 Å². The SMILES string of the molecule is O=S1(=O)CCC(N(CCO)C(=S)[S-])C1. The topological polar surface area (TPSA) is 57.6 Å². The summed E-state index contributed by atoms with van der Waals surface area (Å²) in [4.78, 5) is 1.62. The third-order valence-corrected chi connectivity index (χ3v) is 4.44. The van der Waals surface area contributed by atoms with E-state index < -0.39 is 9.84 Å². The quantitative estimate of drug-likeness (QED) is 0.531. The van der Waals surface area contributed by atoms with Crippen molar-refractivity contribution < 1.29 is 13.5 Å². The van der Waals surface area contributed by atoms with Gasteiger partial charge < -0.3 is 34.9 Å². The monoisotopic (exact) mass is 254 g/mol. The molecule has 0 aromatic carbocycles. The Morgan fingerprint density at radius 1 is 1.64 bits per heavy atom. The van der Waals surface area contributed by atoms with E-state index in [2.05, 4.69) is 0 Å². The highest BCUT2D eigenvalue weighted by atomic mass is 32.2. The van der Waals surface area contributed by atoms with Crippen LogP contribution in [-0.4, -0.2) is 53.4 Å². The van der Waals surface area contributed by atoms with Crippen LogP contribution < -0.4 is 0 Å². The lowest BCUT2D eigenvalue weighted by Gasteiger charge is -2.32. The van der Waals surface area contributed by atoms with Crippen molar-refractivity contribution in [1.29, 1.82) is 0 Å². The molecular formula is C7H12NO3S3-. The molecule has 1 atom stereocenters. The number of rotatable bonds is 3. The minimum Gasteiger partial charge on any atom is -0.411 e. The van der Waals surface area contributed by atoms with E-state index in [0.29, 0.717) is 13.0 Å². The average molecular weight is 254 g/mol. The molecule has 1 saturated heterocycles. The van der Waals surface area contributed by atoms with Gasteiger partial charge in [-0.3, -0.25) is 0 Å². The van der Waals surface area contributed by atoms with Gasteiger partial charge in [-0.15, -0.1) is 0 Å². The highest BCUT2D eigenvalue weighted by molar-refractivity contribution is 8.00. The summed E-state index contributed by atoms with van der Waals surface area (Å²) < 4.78 is 22.6.